The molecule has 0 spiro atoms. The summed E-state index contributed by atoms with van der Waals surface area (Å²) in [5, 5.41) is 10.4. The van der Waals surface area contributed by atoms with Crippen LogP contribution in [0.15, 0.2) is 18.2 Å². The molecule has 1 aromatic rings. The highest BCUT2D eigenvalue weighted by Gasteiger charge is 2.48. The number of carbonyl (C=O) groups excluding carboxylic acids is 1. The van der Waals surface area contributed by atoms with Crippen molar-refractivity contribution in [1.29, 1.82) is 0 Å². The number of hydrogen-bond donors (Lipinski definition) is 1. The second-order valence-corrected chi connectivity index (χ2v) is 6.39. The van der Waals surface area contributed by atoms with Gasteiger partial charge in [0.15, 0.2) is 0 Å². The standard InChI is InChI=1S/C15H17Cl2NO2/c16-13-5-1-4-10(14(13)17)11-7-12(11)15(20)18-6-2-3-9(18)8-19/h1,4-5,9,11-12,19H,2-3,6-8H2/t9-,11?,12?/m1/s1. The van der Waals surface area contributed by atoms with Crippen LogP contribution >= 0.6 is 23.2 Å². The van der Waals surface area contributed by atoms with Gasteiger partial charge in [-0.25, -0.2) is 0 Å². The average molecular weight is 314 g/mol. The third-order valence-corrected chi connectivity index (χ3v) is 5.19. The Morgan fingerprint density at radius 1 is 1.40 bits per heavy atom. The van der Waals surface area contributed by atoms with Gasteiger partial charge in [-0.15, -0.1) is 0 Å². The van der Waals surface area contributed by atoms with Gasteiger partial charge in [-0.05, 0) is 36.8 Å². The van der Waals surface area contributed by atoms with E-state index in [0.717, 1.165) is 31.4 Å². The van der Waals surface area contributed by atoms with Gasteiger partial charge in [0.05, 0.1) is 22.7 Å². The molecule has 1 saturated carbocycles. The Labute approximate surface area is 128 Å². The predicted octanol–water partition coefficient (Wildman–Crippen LogP) is 3.08. The number of amides is 1. The molecule has 0 aromatic heterocycles. The molecular formula is C15H17Cl2NO2. The molecule has 1 aliphatic carbocycles. The first-order chi connectivity index (χ1) is 9.63. The van der Waals surface area contributed by atoms with Crippen molar-refractivity contribution in [3.63, 3.8) is 0 Å². The molecule has 1 saturated heterocycles. The van der Waals surface area contributed by atoms with Crippen molar-refractivity contribution in [3.05, 3.63) is 33.8 Å². The van der Waals surface area contributed by atoms with E-state index in [4.69, 9.17) is 23.2 Å². The average Bonchev–Trinajstić information content (AvgIpc) is 3.09. The number of nitrogens with zero attached hydrogens (tertiary/aromatic N) is 1. The molecule has 1 aliphatic heterocycles. The Morgan fingerprint density at radius 3 is 2.95 bits per heavy atom. The van der Waals surface area contributed by atoms with Crippen LogP contribution < -0.4 is 0 Å². The zero-order chi connectivity index (χ0) is 14.3. The van der Waals surface area contributed by atoms with Gasteiger partial charge in [-0.1, -0.05) is 35.3 Å². The SMILES string of the molecule is O=C(C1CC1c1cccc(Cl)c1Cl)N1CCC[C@@H]1CO. The largest absolute Gasteiger partial charge is 0.394 e. The second kappa shape index (κ2) is 5.55. The summed E-state index contributed by atoms with van der Waals surface area (Å²) < 4.78 is 0. The lowest BCUT2D eigenvalue weighted by molar-refractivity contribution is -0.134. The monoisotopic (exact) mass is 313 g/mol. The summed E-state index contributed by atoms with van der Waals surface area (Å²) in [6.07, 6.45) is 2.71. The molecule has 1 heterocycles. The van der Waals surface area contributed by atoms with Crippen molar-refractivity contribution in [1.82, 2.24) is 4.90 Å². The Kier molecular flexibility index (Phi) is 3.93. The van der Waals surface area contributed by atoms with E-state index in [9.17, 15) is 9.90 Å². The van der Waals surface area contributed by atoms with Gasteiger partial charge in [-0.2, -0.15) is 0 Å². The number of aliphatic hydroxyl groups is 1. The summed E-state index contributed by atoms with van der Waals surface area (Å²) in [4.78, 5) is 14.3. The molecular weight excluding hydrogens is 297 g/mol. The van der Waals surface area contributed by atoms with E-state index in [2.05, 4.69) is 0 Å². The zero-order valence-electron chi connectivity index (χ0n) is 11.1. The van der Waals surface area contributed by atoms with Crippen molar-refractivity contribution in [2.24, 2.45) is 5.92 Å². The highest BCUT2D eigenvalue weighted by atomic mass is 35.5. The first-order valence-corrected chi connectivity index (χ1v) is 7.74. The first-order valence-electron chi connectivity index (χ1n) is 6.98. The van der Waals surface area contributed by atoms with Crippen molar-refractivity contribution < 1.29 is 9.90 Å². The van der Waals surface area contributed by atoms with Crippen LogP contribution in [0.4, 0.5) is 0 Å². The molecule has 1 aromatic carbocycles. The predicted molar refractivity (Wildman–Crippen MR) is 79.1 cm³/mol. The Bertz CT molecular complexity index is 535. The maximum atomic E-state index is 12.5. The molecule has 0 bridgehead atoms. The highest BCUT2D eigenvalue weighted by Crippen LogP contribution is 2.51. The Morgan fingerprint density at radius 2 is 2.20 bits per heavy atom. The zero-order valence-corrected chi connectivity index (χ0v) is 12.6. The lowest BCUT2D eigenvalue weighted by Crippen LogP contribution is -2.38. The van der Waals surface area contributed by atoms with Crippen LogP contribution in [0.3, 0.4) is 0 Å². The summed E-state index contributed by atoms with van der Waals surface area (Å²) in [5.41, 5.74) is 0.970. The minimum Gasteiger partial charge on any atom is -0.394 e. The molecule has 3 rings (SSSR count). The molecule has 2 aliphatic rings. The van der Waals surface area contributed by atoms with Crippen LogP contribution in [0.2, 0.25) is 10.0 Å². The molecule has 3 atom stereocenters. The Balaban J connectivity index is 1.72. The van der Waals surface area contributed by atoms with E-state index in [1.54, 1.807) is 6.07 Å². The quantitative estimate of drug-likeness (QED) is 0.931. The third-order valence-electron chi connectivity index (χ3n) is 4.36. The van der Waals surface area contributed by atoms with E-state index in [1.807, 2.05) is 17.0 Å². The lowest BCUT2D eigenvalue weighted by atomic mass is 10.1. The summed E-state index contributed by atoms with van der Waals surface area (Å²) in [6, 6.07) is 5.57. The number of benzene rings is 1. The van der Waals surface area contributed by atoms with Crippen molar-refractivity contribution >= 4 is 29.1 Å². The Hall–Kier alpha value is -0.770. The summed E-state index contributed by atoms with van der Waals surface area (Å²) in [5.74, 6) is 0.328. The van der Waals surface area contributed by atoms with Crippen LogP contribution in [0.25, 0.3) is 0 Å². The van der Waals surface area contributed by atoms with E-state index in [1.165, 1.54) is 0 Å². The van der Waals surface area contributed by atoms with Crippen LogP contribution in [-0.2, 0) is 4.79 Å². The molecule has 2 unspecified atom stereocenters. The topological polar surface area (TPSA) is 40.5 Å². The molecule has 20 heavy (non-hydrogen) atoms. The molecule has 0 radical (unpaired) electrons. The third kappa shape index (κ3) is 2.43. The van der Waals surface area contributed by atoms with Crippen LogP contribution in [0.1, 0.15) is 30.7 Å². The molecule has 5 heteroatoms. The smallest absolute Gasteiger partial charge is 0.226 e. The normalized spacial score (nSPS) is 28.8. The lowest BCUT2D eigenvalue weighted by Gasteiger charge is -2.23. The van der Waals surface area contributed by atoms with Gasteiger partial charge in [0, 0.05) is 12.5 Å². The van der Waals surface area contributed by atoms with E-state index >= 15 is 0 Å². The number of likely N-dealkylation sites (tertiary alicyclic amines) is 1. The van der Waals surface area contributed by atoms with Gasteiger partial charge >= 0.3 is 0 Å². The van der Waals surface area contributed by atoms with Crippen LogP contribution in [0.5, 0.6) is 0 Å². The van der Waals surface area contributed by atoms with E-state index in [0.29, 0.717) is 10.0 Å². The van der Waals surface area contributed by atoms with Crippen LogP contribution in [-0.4, -0.2) is 35.1 Å². The van der Waals surface area contributed by atoms with Crippen molar-refractivity contribution in [2.75, 3.05) is 13.2 Å². The summed E-state index contributed by atoms with van der Waals surface area (Å²) >= 11 is 12.2. The fourth-order valence-corrected chi connectivity index (χ4v) is 3.60. The first kappa shape index (κ1) is 14.2. The number of rotatable bonds is 3. The number of carbonyl (C=O) groups is 1. The minimum atomic E-state index is -0.00174. The molecule has 108 valence electrons. The molecule has 1 N–H and O–H groups in total. The molecule has 1 amide bonds. The van der Waals surface area contributed by atoms with Crippen molar-refractivity contribution in [3.8, 4) is 0 Å². The van der Waals surface area contributed by atoms with E-state index in [-0.39, 0.29) is 30.4 Å². The molecule has 3 nitrogen and oxygen atoms in total. The van der Waals surface area contributed by atoms with Gasteiger partial charge in [0.2, 0.25) is 5.91 Å². The summed E-state index contributed by atoms with van der Waals surface area (Å²) in [7, 11) is 0. The van der Waals surface area contributed by atoms with Gasteiger partial charge in [0.25, 0.3) is 0 Å². The number of aliphatic hydroxyl groups excluding tert-OH is 1. The minimum absolute atomic E-state index is 0.00131. The van der Waals surface area contributed by atoms with E-state index < -0.39 is 0 Å². The maximum absolute atomic E-state index is 12.5. The van der Waals surface area contributed by atoms with Gasteiger partial charge in [-0.3, -0.25) is 4.79 Å². The maximum Gasteiger partial charge on any atom is 0.226 e. The van der Waals surface area contributed by atoms with Gasteiger partial charge < -0.3 is 10.0 Å². The second-order valence-electron chi connectivity index (χ2n) is 5.60. The van der Waals surface area contributed by atoms with Gasteiger partial charge in [0.1, 0.15) is 0 Å². The fraction of sp³-hybridized carbons (Fsp3) is 0.533. The number of hydrogen-bond acceptors (Lipinski definition) is 2. The molecule has 2 fully saturated rings. The van der Waals surface area contributed by atoms with Crippen molar-refractivity contribution in [2.45, 2.75) is 31.2 Å². The fourth-order valence-electron chi connectivity index (χ4n) is 3.15. The van der Waals surface area contributed by atoms with Crippen LogP contribution in [0, 0.1) is 5.92 Å². The number of halogens is 2. The summed E-state index contributed by atoms with van der Waals surface area (Å²) in [6.45, 7) is 0.817. The highest BCUT2D eigenvalue weighted by molar-refractivity contribution is 6.42.